The number of halogens is 1. The van der Waals surface area contributed by atoms with E-state index in [1.165, 1.54) is 23.3 Å². The van der Waals surface area contributed by atoms with E-state index in [0.29, 0.717) is 5.75 Å². The molecule has 0 N–H and O–H groups in total. The molecule has 4 heteroatoms. The van der Waals surface area contributed by atoms with Crippen molar-refractivity contribution in [2.75, 3.05) is 5.75 Å². The third-order valence-electron chi connectivity index (χ3n) is 2.33. The van der Waals surface area contributed by atoms with E-state index in [9.17, 15) is 4.79 Å². The zero-order valence-electron chi connectivity index (χ0n) is 8.16. The van der Waals surface area contributed by atoms with Crippen LogP contribution in [-0.2, 0) is 6.42 Å². The summed E-state index contributed by atoms with van der Waals surface area (Å²) in [5.41, 5.74) is 0.556. The fourth-order valence-electron chi connectivity index (χ4n) is 1.63. The molecule has 0 unspecified atom stereocenters. The van der Waals surface area contributed by atoms with Crippen molar-refractivity contribution >= 4 is 28.8 Å². The second-order valence-corrected chi connectivity index (χ2v) is 4.86. The maximum Gasteiger partial charge on any atom is 0.409 e. The number of rotatable bonds is 1. The predicted octanol–water partition coefficient (Wildman–Crippen LogP) is 3.85. The molecule has 0 aliphatic carbocycles. The molecule has 80 valence electrons. The van der Waals surface area contributed by atoms with Crippen molar-refractivity contribution in [3.63, 3.8) is 0 Å². The quantitative estimate of drug-likeness (QED) is 0.700. The number of ether oxygens (including phenoxy) is 1. The summed E-state index contributed by atoms with van der Waals surface area (Å²) in [6.07, 6.45) is 3.58. The van der Waals surface area contributed by atoms with E-state index in [-0.39, 0.29) is 0 Å². The average molecular weight is 243 g/mol. The Morgan fingerprint density at radius 2 is 2.27 bits per heavy atom. The molecule has 0 fully saturated rings. The molecule has 2 rings (SSSR count). The Labute approximate surface area is 98.0 Å². The molecule has 0 bridgehead atoms. The molecule has 1 aromatic carbocycles. The fourth-order valence-corrected chi connectivity index (χ4v) is 2.84. The minimum absolute atomic E-state index is 0.531. The lowest BCUT2D eigenvalue weighted by molar-refractivity contribution is 0.225. The predicted molar refractivity (Wildman–Crippen MR) is 62.0 cm³/mol. The van der Waals surface area contributed by atoms with Gasteiger partial charge in [-0.1, -0.05) is 6.07 Å². The Bertz CT molecular complexity index is 379. The van der Waals surface area contributed by atoms with E-state index in [1.54, 1.807) is 6.07 Å². The van der Waals surface area contributed by atoms with Crippen LogP contribution in [0, 0.1) is 0 Å². The lowest BCUT2D eigenvalue weighted by atomic mass is 10.1. The molecule has 0 amide bonds. The molecule has 0 atom stereocenters. The molecule has 2 nitrogen and oxygen atoms in total. The molecule has 0 spiro atoms. The Morgan fingerprint density at radius 1 is 1.40 bits per heavy atom. The normalized spacial score (nSPS) is 15.3. The molecule has 1 aliphatic heterocycles. The van der Waals surface area contributed by atoms with E-state index in [1.807, 2.05) is 23.9 Å². The number of hydrogen-bond donors (Lipinski definition) is 0. The maximum absolute atomic E-state index is 10.6. The van der Waals surface area contributed by atoms with Crippen LogP contribution in [0.1, 0.15) is 18.4 Å². The Morgan fingerprint density at radius 3 is 3.07 bits per heavy atom. The van der Waals surface area contributed by atoms with Crippen LogP contribution < -0.4 is 4.74 Å². The number of aryl methyl sites for hydroxylation is 1. The van der Waals surface area contributed by atoms with E-state index in [0.717, 1.165) is 12.2 Å². The van der Waals surface area contributed by atoms with Crippen LogP contribution in [0.4, 0.5) is 4.79 Å². The molecule has 15 heavy (non-hydrogen) atoms. The van der Waals surface area contributed by atoms with Gasteiger partial charge in [-0.25, -0.2) is 4.79 Å². The molecule has 0 aromatic heterocycles. The zero-order valence-corrected chi connectivity index (χ0v) is 9.74. The highest BCUT2D eigenvalue weighted by atomic mass is 35.5. The van der Waals surface area contributed by atoms with Gasteiger partial charge in [0, 0.05) is 16.5 Å². The summed E-state index contributed by atoms with van der Waals surface area (Å²) in [7, 11) is 0. The van der Waals surface area contributed by atoms with Gasteiger partial charge in [-0.05, 0) is 42.7 Å². The first kappa shape index (κ1) is 10.8. The number of fused-ring (bicyclic) bond motifs is 1. The van der Waals surface area contributed by atoms with Crippen molar-refractivity contribution in [2.24, 2.45) is 0 Å². The maximum atomic E-state index is 10.6. The van der Waals surface area contributed by atoms with Crippen LogP contribution in [0.2, 0.25) is 0 Å². The van der Waals surface area contributed by atoms with Crippen molar-refractivity contribution in [3.05, 3.63) is 23.8 Å². The second-order valence-electron chi connectivity index (χ2n) is 3.41. The van der Waals surface area contributed by atoms with Crippen LogP contribution in [0.5, 0.6) is 5.75 Å². The minimum Gasteiger partial charge on any atom is -0.414 e. The molecule has 0 saturated carbocycles. The van der Waals surface area contributed by atoms with Crippen LogP contribution in [0.3, 0.4) is 0 Å². The molecule has 0 radical (unpaired) electrons. The van der Waals surface area contributed by atoms with Crippen LogP contribution in [0.15, 0.2) is 23.1 Å². The summed E-state index contributed by atoms with van der Waals surface area (Å²) >= 11 is 6.98. The van der Waals surface area contributed by atoms with E-state index in [2.05, 4.69) is 0 Å². The second kappa shape index (κ2) is 4.90. The van der Waals surface area contributed by atoms with Gasteiger partial charge in [0.15, 0.2) is 0 Å². The zero-order chi connectivity index (χ0) is 10.7. The van der Waals surface area contributed by atoms with Crippen LogP contribution in [0.25, 0.3) is 0 Å². The summed E-state index contributed by atoms with van der Waals surface area (Å²) in [5, 5.41) is 0. The van der Waals surface area contributed by atoms with Gasteiger partial charge in [0.2, 0.25) is 0 Å². The summed E-state index contributed by atoms with van der Waals surface area (Å²) in [5.74, 6) is 1.66. The Balaban J connectivity index is 2.23. The topological polar surface area (TPSA) is 26.3 Å². The van der Waals surface area contributed by atoms with Crippen LogP contribution in [-0.4, -0.2) is 11.2 Å². The molecular weight excluding hydrogens is 232 g/mol. The smallest absolute Gasteiger partial charge is 0.409 e. The molecule has 0 saturated heterocycles. The van der Waals surface area contributed by atoms with Crippen molar-refractivity contribution < 1.29 is 9.53 Å². The van der Waals surface area contributed by atoms with Gasteiger partial charge in [0.1, 0.15) is 5.75 Å². The summed E-state index contributed by atoms with van der Waals surface area (Å²) in [4.78, 5) is 11.8. The summed E-state index contributed by atoms with van der Waals surface area (Å²) in [6.45, 7) is 0. The molecular formula is C11H11ClO2S. The Hall–Kier alpha value is -0.670. The van der Waals surface area contributed by atoms with Gasteiger partial charge >= 0.3 is 5.43 Å². The Kier molecular flexibility index (Phi) is 3.54. The van der Waals surface area contributed by atoms with Crippen molar-refractivity contribution in [2.45, 2.75) is 24.2 Å². The number of carbonyl (C=O) groups excluding carboxylic acids is 1. The number of benzene rings is 1. The first-order chi connectivity index (χ1) is 7.25. The van der Waals surface area contributed by atoms with Gasteiger partial charge in [-0.3, -0.25) is 0 Å². The number of carbonyl (C=O) groups is 1. The van der Waals surface area contributed by atoms with Gasteiger partial charge < -0.3 is 4.74 Å². The lowest BCUT2D eigenvalue weighted by Crippen LogP contribution is -1.97. The number of hydrogen-bond acceptors (Lipinski definition) is 3. The average Bonchev–Trinajstić information content (AvgIpc) is 2.41. The highest BCUT2D eigenvalue weighted by Gasteiger charge is 2.10. The largest absolute Gasteiger partial charge is 0.414 e. The van der Waals surface area contributed by atoms with E-state index >= 15 is 0 Å². The highest BCUT2D eigenvalue weighted by Crippen LogP contribution is 2.32. The summed E-state index contributed by atoms with van der Waals surface area (Å²) in [6, 6.07) is 5.71. The van der Waals surface area contributed by atoms with E-state index < -0.39 is 5.43 Å². The SMILES string of the molecule is O=C(Cl)Oc1ccc2c(c1)SCCCC2. The van der Waals surface area contributed by atoms with Crippen LogP contribution >= 0.6 is 23.4 Å². The molecule has 1 heterocycles. The molecule has 1 aliphatic rings. The standard InChI is InChI=1S/C11H11ClO2S/c12-11(13)14-9-5-4-8-3-1-2-6-15-10(8)7-9/h4-5,7H,1-3,6H2. The number of thioether (sulfide) groups is 1. The van der Waals surface area contributed by atoms with Gasteiger partial charge in [-0.2, -0.15) is 0 Å². The monoisotopic (exact) mass is 242 g/mol. The third kappa shape index (κ3) is 2.89. The lowest BCUT2D eigenvalue weighted by Gasteiger charge is -2.06. The van der Waals surface area contributed by atoms with Crippen molar-refractivity contribution in [1.82, 2.24) is 0 Å². The highest BCUT2D eigenvalue weighted by molar-refractivity contribution is 7.99. The first-order valence-electron chi connectivity index (χ1n) is 4.89. The van der Waals surface area contributed by atoms with Gasteiger partial charge in [0.25, 0.3) is 0 Å². The van der Waals surface area contributed by atoms with Crippen molar-refractivity contribution in [3.8, 4) is 5.75 Å². The minimum atomic E-state index is -0.784. The van der Waals surface area contributed by atoms with E-state index in [4.69, 9.17) is 16.3 Å². The van der Waals surface area contributed by atoms with Gasteiger partial charge in [0.05, 0.1) is 0 Å². The first-order valence-corrected chi connectivity index (χ1v) is 6.25. The van der Waals surface area contributed by atoms with Crippen molar-refractivity contribution in [1.29, 1.82) is 0 Å². The summed E-state index contributed by atoms with van der Waals surface area (Å²) < 4.78 is 4.83. The van der Waals surface area contributed by atoms with Gasteiger partial charge in [-0.15, -0.1) is 11.8 Å². The fraction of sp³-hybridized carbons (Fsp3) is 0.364. The molecule has 1 aromatic rings. The third-order valence-corrected chi connectivity index (χ3v) is 3.60.